The molecule has 56 valence electrons. The predicted molar refractivity (Wildman–Crippen MR) is 32.7 cm³/mol. The molecule has 0 fully saturated rings. The molecular formula is C6H8O4. The minimum atomic E-state index is -0.564. The van der Waals surface area contributed by atoms with Gasteiger partial charge < -0.3 is 9.47 Å². The molecular weight excluding hydrogens is 136 g/mol. The highest BCUT2D eigenvalue weighted by atomic mass is 16.7. The van der Waals surface area contributed by atoms with Crippen LogP contribution in [0.25, 0.3) is 0 Å². The molecule has 0 saturated heterocycles. The second kappa shape index (κ2) is 3.66. The third kappa shape index (κ3) is 4.83. The van der Waals surface area contributed by atoms with Gasteiger partial charge in [0.05, 0.1) is 0 Å². The van der Waals surface area contributed by atoms with Crippen molar-refractivity contribution in [1.82, 2.24) is 0 Å². The van der Waals surface area contributed by atoms with Crippen molar-refractivity contribution in [2.45, 2.75) is 13.8 Å². The smallest absolute Gasteiger partial charge is 0.310 e. The van der Waals surface area contributed by atoms with Crippen molar-refractivity contribution in [3.8, 4) is 0 Å². The summed E-state index contributed by atoms with van der Waals surface area (Å²) < 4.78 is 8.57. The Morgan fingerprint density at radius 3 is 1.60 bits per heavy atom. The van der Waals surface area contributed by atoms with Crippen LogP contribution in [-0.4, -0.2) is 11.9 Å². The minimum Gasteiger partial charge on any atom is -0.393 e. The van der Waals surface area contributed by atoms with Gasteiger partial charge in [0.25, 0.3) is 5.95 Å². The van der Waals surface area contributed by atoms with Crippen LogP contribution in [0.4, 0.5) is 0 Å². The molecule has 0 rings (SSSR count). The molecule has 0 aliphatic carbocycles. The van der Waals surface area contributed by atoms with Gasteiger partial charge in [0.15, 0.2) is 0 Å². The van der Waals surface area contributed by atoms with E-state index in [-0.39, 0.29) is 5.95 Å². The van der Waals surface area contributed by atoms with Crippen LogP contribution >= 0.6 is 0 Å². The maximum absolute atomic E-state index is 10.2. The largest absolute Gasteiger partial charge is 0.393 e. The second-order valence-corrected chi connectivity index (χ2v) is 1.56. The molecule has 0 aromatic rings. The van der Waals surface area contributed by atoms with E-state index in [9.17, 15) is 9.59 Å². The fourth-order valence-electron chi connectivity index (χ4n) is 0.341. The summed E-state index contributed by atoms with van der Waals surface area (Å²) in [6.45, 7) is 5.53. The van der Waals surface area contributed by atoms with Crippen LogP contribution in [0.2, 0.25) is 0 Å². The van der Waals surface area contributed by atoms with Crippen molar-refractivity contribution in [2.75, 3.05) is 0 Å². The summed E-state index contributed by atoms with van der Waals surface area (Å²) in [6, 6.07) is 0. The van der Waals surface area contributed by atoms with Gasteiger partial charge in [0.2, 0.25) is 0 Å². The van der Waals surface area contributed by atoms with Crippen molar-refractivity contribution in [1.29, 1.82) is 0 Å². The Hall–Kier alpha value is -1.32. The van der Waals surface area contributed by atoms with Crippen LogP contribution in [0.3, 0.4) is 0 Å². The standard InChI is InChI=1S/C6H8O4/c1-4(7)9-6(3)10-5(2)8/h3H2,1-2H3. The van der Waals surface area contributed by atoms with E-state index in [0.717, 1.165) is 0 Å². The number of carbonyl (C=O) groups is 2. The molecule has 0 radical (unpaired) electrons. The molecule has 0 amide bonds. The monoisotopic (exact) mass is 144 g/mol. The summed E-state index contributed by atoms with van der Waals surface area (Å²) >= 11 is 0. The summed E-state index contributed by atoms with van der Waals surface area (Å²) in [6.07, 6.45) is 0. The molecule has 0 unspecified atom stereocenters. The number of hydrogen-bond donors (Lipinski definition) is 0. The highest BCUT2D eigenvalue weighted by Crippen LogP contribution is 1.95. The van der Waals surface area contributed by atoms with Gasteiger partial charge in [-0.15, -0.1) is 0 Å². The molecule has 0 aliphatic heterocycles. The maximum atomic E-state index is 10.2. The summed E-state index contributed by atoms with van der Waals surface area (Å²) in [5.41, 5.74) is 0. The van der Waals surface area contributed by atoms with E-state index in [0.29, 0.717) is 0 Å². The van der Waals surface area contributed by atoms with Crippen LogP contribution in [-0.2, 0) is 19.1 Å². The first-order valence-corrected chi connectivity index (χ1v) is 2.58. The summed E-state index contributed by atoms with van der Waals surface area (Å²) in [5.74, 6) is -1.42. The van der Waals surface area contributed by atoms with Crippen LogP contribution in [0.1, 0.15) is 13.8 Å². The molecule has 4 heteroatoms. The van der Waals surface area contributed by atoms with Crippen molar-refractivity contribution in [3.05, 3.63) is 12.5 Å². The van der Waals surface area contributed by atoms with Gasteiger partial charge in [-0.25, -0.2) is 0 Å². The summed E-state index contributed by atoms with van der Waals surface area (Å²) in [4.78, 5) is 20.3. The van der Waals surface area contributed by atoms with Crippen LogP contribution < -0.4 is 0 Å². The van der Waals surface area contributed by atoms with E-state index in [1.807, 2.05) is 0 Å². The first-order valence-electron chi connectivity index (χ1n) is 2.58. The number of esters is 2. The third-order valence-corrected chi connectivity index (χ3v) is 0.515. The molecule has 0 atom stereocenters. The average molecular weight is 144 g/mol. The van der Waals surface area contributed by atoms with Crippen molar-refractivity contribution >= 4 is 11.9 Å². The molecule has 0 saturated carbocycles. The Morgan fingerprint density at radius 1 is 1.10 bits per heavy atom. The van der Waals surface area contributed by atoms with Crippen molar-refractivity contribution < 1.29 is 19.1 Å². The number of carbonyl (C=O) groups excluding carboxylic acids is 2. The average Bonchev–Trinajstić information content (AvgIpc) is 1.58. The van der Waals surface area contributed by atoms with Crippen molar-refractivity contribution in [3.63, 3.8) is 0 Å². The van der Waals surface area contributed by atoms with Crippen molar-refractivity contribution in [2.24, 2.45) is 0 Å². The fourth-order valence-corrected chi connectivity index (χ4v) is 0.341. The minimum absolute atomic E-state index is 0.292. The van der Waals surface area contributed by atoms with Gasteiger partial charge in [-0.1, -0.05) is 0 Å². The van der Waals surface area contributed by atoms with Gasteiger partial charge in [-0.3, -0.25) is 9.59 Å². The third-order valence-electron chi connectivity index (χ3n) is 0.515. The molecule has 0 bridgehead atoms. The highest BCUT2D eigenvalue weighted by molar-refractivity contribution is 5.69. The van der Waals surface area contributed by atoms with E-state index < -0.39 is 11.9 Å². The molecule has 0 heterocycles. The molecule has 10 heavy (non-hydrogen) atoms. The molecule has 0 N–H and O–H groups in total. The Kier molecular flexibility index (Phi) is 3.17. The lowest BCUT2D eigenvalue weighted by molar-refractivity contribution is -0.150. The van der Waals surface area contributed by atoms with E-state index in [4.69, 9.17) is 0 Å². The first-order chi connectivity index (χ1) is 4.52. The first kappa shape index (κ1) is 8.68. The quantitative estimate of drug-likeness (QED) is 0.420. The van der Waals surface area contributed by atoms with Gasteiger partial charge in [-0.2, -0.15) is 0 Å². The number of rotatable bonds is 2. The number of hydrogen-bond acceptors (Lipinski definition) is 4. The molecule has 0 aliphatic rings. The lowest BCUT2D eigenvalue weighted by Gasteiger charge is -2.01. The van der Waals surface area contributed by atoms with Crippen LogP contribution in [0.5, 0.6) is 0 Å². The molecule has 0 aromatic carbocycles. The second-order valence-electron chi connectivity index (χ2n) is 1.56. The summed E-state index contributed by atoms with van der Waals surface area (Å²) in [5, 5.41) is 0. The van der Waals surface area contributed by atoms with Gasteiger partial charge in [0.1, 0.15) is 0 Å². The normalized spacial score (nSPS) is 8.20. The Bertz CT molecular complexity index is 153. The molecule has 0 spiro atoms. The Morgan fingerprint density at radius 2 is 1.40 bits per heavy atom. The predicted octanol–water partition coefficient (Wildman–Crippen LogP) is 0.584. The van der Waals surface area contributed by atoms with E-state index in [1.165, 1.54) is 13.8 Å². The topological polar surface area (TPSA) is 52.6 Å². The van der Waals surface area contributed by atoms with E-state index in [1.54, 1.807) is 0 Å². The fraction of sp³-hybridized carbons (Fsp3) is 0.333. The SMILES string of the molecule is C=C(OC(C)=O)OC(C)=O. The van der Waals surface area contributed by atoms with Gasteiger partial charge in [-0.05, 0) is 6.58 Å². The Balaban J connectivity index is 3.65. The molecule has 4 nitrogen and oxygen atoms in total. The van der Waals surface area contributed by atoms with E-state index in [2.05, 4.69) is 16.1 Å². The number of ether oxygens (including phenoxy) is 2. The maximum Gasteiger partial charge on any atom is 0.310 e. The van der Waals surface area contributed by atoms with Crippen LogP contribution in [0, 0.1) is 0 Å². The lowest BCUT2D eigenvalue weighted by Crippen LogP contribution is -2.04. The van der Waals surface area contributed by atoms with Crippen LogP contribution in [0.15, 0.2) is 12.5 Å². The molecule has 0 aromatic heterocycles. The van der Waals surface area contributed by atoms with Gasteiger partial charge >= 0.3 is 11.9 Å². The highest BCUT2D eigenvalue weighted by Gasteiger charge is 2.01. The zero-order valence-electron chi connectivity index (χ0n) is 5.84. The van der Waals surface area contributed by atoms with E-state index >= 15 is 0 Å². The zero-order valence-corrected chi connectivity index (χ0v) is 5.84. The van der Waals surface area contributed by atoms with Gasteiger partial charge in [0, 0.05) is 13.8 Å². The lowest BCUT2D eigenvalue weighted by atomic mass is 10.8. The summed E-state index contributed by atoms with van der Waals surface area (Å²) in [7, 11) is 0. The zero-order chi connectivity index (χ0) is 8.15. The Labute approximate surface area is 58.4 Å².